The first-order valence-corrected chi connectivity index (χ1v) is 7.42. The summed E-state index contributed by atoms with van der Waals surface area (Å²) >= 11 is 0. The molecule has 0 aliphatic rings. The number of aromatic hydroxyl groups is 1. The highest BCUT2D eigenvalue weighted by molar-refractivity contribution is 5.53. The average molecular weight is 344 g/mol. The van der Waals surface area contributed by atoms with Crippen molar-refractivity contribution in [3.8, 4) is 11.5 Å². The fraction of sp³-hybridized carbons (Fsp3) is 0.0526. The Kier molecular flexibility index (Phi) is 6.17. The standard InChI is InChI=1S/C13H12FNO.C6H6FNO/c14-11-7-4-8-12(13(11)15)16-9-10-5-2-1-3-6-10;7-4-2-1-3-5(9)6(4)8/h1-8H,9,15H2;1-3,9H,8H2. The van der Waals surface area contributed by atoms with Crippen LogP contribution < -0.4 is 16.2 Å². The van der Waals surface area contributed by atoms with Gasteiger partial charge in [-0.2, -0.15) is 0 Å². The summed E-state index contributed by atoms with van der Waals surface area (Å²) in [7, 11) is 0. The molecule has 0 spiro atoms. The third kappa shape index (κ3) is 5.10. The highest BCUT2D eigenvalue weighted by Gasteiger charge is 2.05. The van der Waals surface area contributed by atoms with Gasteiger partial charge in [-0.05, 0) is 29.8 Å². The van der Waals surface area contributed by atoms with Gasteiger partial charge in [-0.1, -0.05) is 42.5 Å². The molecule has 0 aliphatic carbocycles. The molecule has 3 aromatic carbocycles. The lowest BCUT2D eigenvalue weighted by atomic mass is 10.2. The van der Waals surface area contributed by atoms with Crippen molar-refractivity contribution in [2.45, 2.75) is 6.61 Å². The molecule has 0 aliphatic heterocycles. The number of ether oxygens (including phenoxy) is 1. The van der Waals surface area contributed by atoms with E-state index in [1.165, 1.54) is 24.3 Å². The molecule has 3 rings (SSSR count). The number of phenolic OH excluding ortho intramolecular Hbond substituents is 1. The summed E-state index contributed by atoms with van der Waals surface area (Å²) in [6.07, 6.45) is 0. The van der Waals surface area contributed by atoms with E-state index in [1.54, 1.807) is 12.1 Å². The molecule has 130 valence electrons. The number of hydrogen-bond donors (Lipinski definition) is 3. The predicted octanol–water partition coefficient (Wildman–Crippen LogP) is 4.10. The number of para-hydroxylation sites is 2. The lowest BCUT2D eigenvalue weighted by Gasteiger charge is -2.08. The van der Waals surface area contributed by atoms with Crippen molar-refractivity contribution in [2.75, 3.05) is 11.5 Å². The third-order valence-electron chi connectivity index (χ3n) is 3.28. The second-order valence-corrected chi connectivity index (χ2v) is 5.10. The molecule has 0 fully saturated rings. The van der Waals surface area contributed by atoms with Crippen LogP contribution in [-0.2, 0) is 6.61 Å². The second-order valence-electron chi connectivity index (χ2n) is 5.10. The highest BCUT2D eigenvalue weighted by Crippen LogP contribution is 2.24. The van der Waals surface area contributed by atoms with Crippen LogP contribution in [0.3, 0.4) is 0 Å². The van der Waals surface area contributed by atoms with Gasteiger partial charge < -0.3 is 21.3 Å². The number of rotatable bonds is 3. The minimum absolute atomic E-state index is 0.0541. The van der Waals surface area contributed by atoms with Crippen molar-refractivity contribution in [1.29, 1.82) is 0 Å². The topological polar surface area (TPSA) is 81.5 Å². The van der Waals surface area contributed by atoms with Crippen LogP contribution in [0.5, 0.6) is 11.5 Å². The molecule has 0 atom stereocenters. The molecule has 0 unspecified atom stereocenters. The van der Waals surface area contributed by atoms with Crippen LogP contribution in [0.2, 0.25) is 0 Å². The van der Waals surface area contributed by atoms with E-state index in [1.807, 2.05) is 30.3 Å². The summed E-state index contributed by atoms with van der Waals surface area (Å²) in [5.74, 6) is -0.876. The molecule has 6 heteroatoms. The van der Waals surface area contributed by atoms with Gasteiger partial charge in [-0.25, -0.2) is 8.78 Å². The molecule has 25 heavy (non-hydrogen) atoms. The molecule has 0 heterocycles. The van der Waals surface area contributed by atoms with E-state index in [-0.39, 0.29) is 17.1 Å². The van der Waals surface area contributed by atoms with Gasteiger partial charge in [0.1, 0.15) is 41.1 Å². The lowest BCUT2D eigenvalue weighted by Crippen LogP contribution is -2.00. The Morgan fingerprint density at radius 3 is 1.96 bits per heavy atom. The molecule has 0 saturated carbocycles. The Hall–Kier alpha value is -3.28. The van der Waals surface area contributed by atoms with Crippen molar-refractivity contribution in [2.24, 2.45) is 0 Å². The maximum Gasteiger partial charge on any atom is 0.149 e. The van der Waals surface area contributed by atoms with Crippen LogP contribution in [0.1, 0.15) is 5.56 Å². The van der Waals surface area contributed by atoms with Gasteiger partial charge in [0.05, 0.1) is 0 Å². The maximum absolute atomic E-state index is 13.1. The van der Waals surface area contributed by atoms with Crippen LogP contribution in [-0.4, -0.2) is 5.11 Å². The minimum Gasteiger partial charge on any atom is -0.506 e. The van der Waals surface area contributed by atoms with Gasteiger partial charge in [-0.3, -0.25) is 0 Å². The number of nitrogens with two attached hydrogens (primary N) is 2. The Bertz CT molecular complexity index is 807. The zero-order valence-corrected chi connectivity index (χ0v) is 13.3. The number of nitrogen functional groups attached to an aromatic ring is 2. The molecule has 0 aromatic heterocycles. The Morgan fingerprint density at radius 1 is 0.760 bits per heavy atom. The second kappa shape index (κ2) is 8.54. The molecular formula is C19H18F2N2O2. The smallest absolute Gasteiger partial charge is 0.149 e. The van der Waals surface area contributed by atoms with Crippen molar-refractivity contribution in [1.82, 2.24) is 0 Å². The van der Waals surface area contributed by atoms with Gasteiger partial charge in [0, 0.05) is 0 Å². The number of benzene rings is 3. The number of phenols is 1. The van der Waals surface area contributed by atoms with Crippen molar-refractivity contribution >= 4 is 11.4 Å². The third-order valence-corrected chi connectivity index (χ3v) is 3.28. The van der Waals surface area contributed by atoms with Gasteiger partial charge >= 0.3 is 0 Å². The van der Waals surface area contributed by atoms with Crippen molar-refractivity contribution in [3.05, 3.63) is 83.9 Å². The molecule has 0 saturated heterocycles. The van der Waals surface area contributed by atoms with E-state index >= 15 is 0 Å². The number of halogens is 2. The van der Waals surface area contributed by atoms with Gasteiger partial charge in [0.2, 0.25) is 0 Å². The average Bonchev–Trinajstić information content (AvgIpc) is 2.62. The van der Waals surface area contributed by atoms with Crippen LogP contribution in [0.15, 0.2) is 66.7 Å². The van der Waals surface area contributed by atoms with E-state index in [9.17, 15) is 8.78 Å². The maximum atomic E-state index is 13.1. The summed E-state index contributed by atoms with van der Waals surface area (Å²) in [6.45, 7) is 0.383. The van der Waals surface area contributed by atoms with Crippen molar-refractivity contribution in [3.63, 3.8) is 0 Å². The van der Waals surface area contributed by atoms with Crippen LogP contribution in [0.25, 0.3) is 0 Å². The SMILES string of the molecule is Nc1c(F)cccc1OCc1ccccc1.Nc1c(O)cccc1F. The molecule has 5 N–H and O–H groups in total. The fourth-order valence-corrected chi connectivity index (χ4v) is 1.90. The largest absolute Gasteiger partial charge is 0.506 e. The summed E-state index contributed by atoms with van der Waals surface area (Å²) in [5, 5.41) is 8.74. The van der Waals surface area contributed by atoms with E-state index in [0.29, 0.717) is 12.4 Å². The van der Waals surface area contributed by atoms with E-state index in [2.05, 4.69) is 0 Å². The van der Waals surface area contributed by atoms with Crippen LogP contribution in [0, 0.1) is 11.6 Å². The number of hydrogen-bond acceptors (Lipinski definition) is 4. The molecule has 4 nitrogen and oxygen atoms in total. The molecule has 0 amide bonds. The Morgan fingerprint density at radius 2 is 1.36 bits per heavy atom. The first-order valence-electron chi connectivity index (χ1n) is 7.42. The number of anilines is 2. The van der Waals surface area contributed by atoms with Crippen LogP contribution in [0.4, 0.5) is 20.2 Å². The lowest BCUT2D eigenvalue weighted by molar-refractivity contribution is 0.306. The molecule has 0 radical (unpaired) electrons. The predicted molar refractivity (Wildman–Crippen MR) is 94.1 cm³/mol. The zero-order valence-electron chi connectivity index (χ0n) is 13.3. The monoisotopic (exact) mass is 344 g/mol. The van der Waals surface area contributed by atoms with E-state index in [4.69, 9.17) is 21.3 Å². The molecular weight excluding hydrogens is 326 g/mol. The van der Waals surface area contributed by atoms with Crippen molar-refractivity contribution < 1.29 is 18.6 Å². The summed E-state index contributed by atoms with van der Waals surface area (Å²) < 4.78 is 30.8. The van der Waals surface area contributed by atoms with Gasteiger partial charge in [0.25, 0.3) is 0 Å². The van der Waals surface area contributed by atoms with Crippen LogP contribution >= 0.6 is 0 Å². The normalized spacial score (nSPS) is 9.84. The minimum atomic E-state index is -0.588. The fourth-order valence-electron chi connectivity index (χ4n) is 1.90. The van der Waals surface area contributed by atoms with E-state index in [0.717, 1.165) is 5.56 Å². The molecule has 3 aromatic rings. The first kappa shape index (κ1) is 18.1. The zero-order chi connectivity index (χ0) is 18.2. The summed E-state index contributed by atoms with van der Waals surface area (Å²) in [6, 6.07) is 18.1. The van der Waals surface area contributed by atoms with Gasteiger partial charge in [-0.15, -0.1) is 0 Å². The van der Waals surface area contributed by atoms with E-state index < -0.39 is 11.6 Å². The summed E-state index contributed by atoms with van der Waals surface area (Å²) in [4.78, 5) is 0. The Labute approximate surface area is 144 Å². The van der Waals surface area contributed by atoms with Gasteiger partial charge in [0.15, 0.2) is 0 Å². The Balaban J connectivity index is 0.000000212. The quantitative estimate of drug-likeness (QED) is 0.493. The molecule has 0 bridgehead atoms. The summed E-state index contributed by atoms with van der Waals surface area (Å²) in [5.41, 5.74) is 11.5. The highest BCUT2D eigenvalue weighted by atomic mass is 19.1. The first-order chi connectivity index (χ1) is 12.0.